The number of carbonyl (C=O) groups excluding carboxylic acids is 1. The van der Waals surface area contributed by atoms with E-state index in [1.165, 1.54) is 0 Å². The van der Waals surface area contributed by atoms with Crippen molar-refractivity contribution in [2.75, 3.05) is 5.32 Å². The SMILES string of the molecule is CCCC(=O)Nc1ccc(-c2ccc(CO)o2)c(C)c1. The second kappa shape index (κ2) is 6.39. The molecule has 1 amide bonds. The van der Waals surface area contributed by atoms with Crippen molar-refractivity contribution in [3.05, 3.63) is 41.7 Å². The molecule has 0 aliphatic heterocycles. The van der Waals surface area contributed by atoms with Crippen LogP contribution in [0.1, 0.15) is 31.1 Å². The highest BCUT2D eigenvalue weighted by Gasteiger charge is 2.09. The first-order chi connectivity index (χ1) is 9.63. The zero-order valence-electron chi connectivity index (χ0n) is 11.8. The molecule has 0 radical (unpaired) electrons. The molecule has 2 N–H and O–H groups in total. The number of aryl methyl sites for hydroxylation is 1. The minimum absolute atomic E-state index is 0.0280. The quantitative estimate of drug-likeness (QED) is 0.876. The standard InChI is InChI=1S/C16H19NO3/c1-3-4-16(19)17-12-5-7-14(11(2)9-12)15-8-6-13(10-18)20-15/h5-9,18H,3-4,10H2,1-2H3,(H,17,19). The van der Waals surface area contributed by atoms with Crippen LogP contribution in [0, 0.1) is 6.92 Å². The molecule has 0 aliphatic rings. The third-order valence-corrected chi connectivity index (χ3v) is 3.07. The molecule has 4 heteroatoms. The Hall–Kier alpha value is -2.07. The van der Waals surface area contributed by atoms with Crippen molar-refractivity contribution in [3.8, 4) is 11.3 Å². The largest absolute Gasteiger partial charge is 0.459 e. The van der Waals surface area contributed by atoms with Gasteiger partial charge in [-0.25, -0.2) is 0 Å². The molecular weight excluding hydrogens is 254 g/mol. The summed E-state index contributed by atoms with van der Waals surface area (Å²) in [7, 11) is 0. The van der Waals surface area contributed by atoms with Crippen LogP contribution in [0.25, 0.3) is 11.3 Å². The Morgan fingerprint density at radius 1 is 1.30 bits per heavy atom. The number of carbonyl (C=O) groups is 1. The molecule has 0 aliphatic carbocycles. The van der Waals surface area contributed by atoms with Crippen LogP contribution in [0.2, 0.25) is 0 Å². The molecule has 0 fully saturated rings. The second-order valence-electron chi connectivity index (χ2n) is 4.75. The van der Waals surface area contributed by atoms with Gasteiger partial charge in [-0.15, -0.1) is 0 Å². The Balaban J connectivity index is 2.19. The van der Waals surface area contributed by atoms with Crippen LogP contribution in [0.15, 0.2) is 34.7 Å². The van der Waals surface area contributed by atoms with Gasteiger partial charge in [0.1, 0.15) is 18.1 Å². The average Bonchev–Trinajstić information content (AvgIpc) is 2.87. The van der Waals surface area contributed by atoms with E-state index in [4.69, 9.17) is 9.52 Å². The van der Waals surface area contributed by atoms with Crippen LogP contribution in [0.4, 0.5) is 5.69 Å². The van der Waals surface area contributed by atoms with E-state index in [1.807, 2.05) is 38.1 Å². The molecule has 0 atom stereocenters. The average molecular weight is 273 g/mol. The number of aliphatic hydroxyl groups excluding tert-OH is 1. The Morgan fingerprint density at radius 2 is 2.10 bits per heavy atom. The number of amides is 1. The van der Waals surface area contributed by atoms with Gasteiger partial charge in [0, 0.05) is 17.7 Å². The zero-order chi connectivity index (χ0) is 14.5. The number of anilines is 1. The van der Waals surface area contributed by atoms with Crippen molar-refractivity contribution in [2.45, 2.75) is 33.3 Å². The lowest BCUT2D eigenvalue weighted by atomic mass is 10.1. The van der Waals surface area contributed by atoms with E-state index in [2.05, 4.69) is 5.32 Å². The number of hydrogen-bond donors (Lipinski definition) is 2. The highest BCUT2D eigenvalue weighted by Crippen LogP contribution is 2.27. The fourth-order valence-electron chi connectivity index (χ4n) is 2.08. The van der Waals surface area contributed by atoms with Crippen LogP contribution >= 0.6 is 0 Å². The maximum atomic E-state index is 11.6. The molecule has 2 rings (SSSR count). The van der Waals surface area contributed by atoms with Crippen molar-refractivity contribution in [1.29, 1.82) is 0 Å². The molecule has 1 heterocycles. The van der Waals surface area contributed by atoms with Crippen molar-refractivity contribution < 1.29 is 14.3 Å². The van der Waals surface area contributed by atoms with E-state index in [0.717, 1.165) is 29.0 Å². The summed E-state index contributed by atoms with van der Waals surface area (Å²) in [6.07, 6.45) is 1.36. The van der Waals surface area contributed by atoms with Crippen LogP contribution < -0.4 is 5.32 Å². The number of benzene rings is 1. The molecule has 4 nitrogen and oxygen atoms in total. The monoisotopic (exact) mass is 273 g/mol. The molecule has 20 heavy (non-hydrogen) atoms. The molecule has 0 spiro atoms. The Bertz CT molecular complexity index is 602. The third-order valence-electron chi connectivity index (χ3n) is 3.07. The first-order valence-corrected chi connectivity index (χ1v) is 6.74. The van der Waals surface area contributed by atoms with Crippen molar-refractivity contribution in [1.82, 2.24) is 0 Å². The van der Waals surface area contributed by atoms with E-state index < -0.39 is 0 Å². The van der Waals surface area contributed by atoms with Gasteiger partial charge in [-0.1, -0.05) is 6.92 Å². The molecule has 1 aromatic heterocycles. The summed E-state index contributed by atoms with van der Waals surface area (Å²) >= 11 is 0. The van der Waals surface area contributed by atoms with Gasteiger partial charge in [-0.2, -0.15) is 0 Å². The molecule has 0 bridgehead atoms. The molecule has 1 aromatic carbocycles. The van der Waals surface area contributed by atoms with E-state index in [9.17, 15) is 4.79 Å². The molecule has 0 saturated carbocycles. The lowest BCUT2D eigenvalue weighted by molar-refractivity contribution is -0.116. The van der Waals surface area contributed by atoms with Crippen LogP contribution in [0.3, 0.4) is 0 Å². The highest BCUT2D eigenvalue weighted by atomic mass is 16.4. The smallest absolute Gasteiger partial charge is 0.224 e. The van der Waals surface area contributed by atoms with E-state index in [1.54, 1.807) is 6.07 Å². The first-order valence-electron chi connectivity index (χ1n) is 6.74. The van der Waals surface area contributed by atoms with Gasteiger partial charge < -0.3 is 14.8 Å². The topological polar surface area (TPSA) is 62.5 Å². The summed E-state index contributed by atoms with van der Waals surface area (Å²) in [5.74, 6) is 1.29. The molecular formula is C16H19NO3. The lowest BCUT2D eigenvalue weighted by Gasteiger charge is -2.08. The summed E-state index contributed by atoms with van der Waals surface area (Å²) in [4.78, 5) is 11.6. The van der Waals surface area contributed by atoms with Gasteiger partial charge in [0.2, 0.25) is 5.91 Å². The normalized spacial score (nSPS) is 10.6. The van der Waals surface area contributed by atoms with Gasteiger partial charge in [0.05, 0.1) is 0 Å². The van der Waals surface area contributed by atoms with Gasteiger partial charge in [-0.05, 0) is 49.2 Å². The van der Waals surface area contributed by atoms with Gasteiger partial charge in [0.25, 0.3) is 0 Å². The third kappa shape index (κ3) is 3.27. The summed E-state index contributed by atoms with van der Waals surface area (Å²) in [6.45, 7) is 3.83. The van der Waals surface area contributed by atoms with E-state index in [-0.39, 0.29) is 12.5 Å². The lowest BCUT2D eigenvalue weighted by Crippen LogP contribution is -2.10. The molecule has 0 saturated heterocycles. The summed E-state index contributed by atoms with van der Waals surface area (Å²) < 4.78 is 5.52. The van der Waals surface area contributed by atoms with Crippen LogP contribution in [-0.2, 0) is 11.4 Å². The Labute approximate surface area is 118 Å². The fourth-order valence-corrected chi connectivity index (χ4v) is 2.08. The number of furan rings is 1. The Kier molecular flexibility index (Phi) is 4.58. The molecule has 0 unspecified atom stereocenters. The summed E-state index contributed by atoms with van der Waals surface area (Å²) in [5.41, 5.74) is 2.76. The number of hydrogen-bond acceptors (Lipinski definition) is 3. The number of rotatable bonds is 5. The van der Waals surface area contributed by atoms with Crippen molar-refractivity contribution >= 4 is 11.6 Å². The van der Waals surface area contributed by atoms with Crippen molar-refractivity contribution in [2.24, 2.45) is 0 Å². The van der Waals surface area contributed by atoms with Gasteiger partial charge in [0.15, 0.2) is 0 Å². The second-order valence-corrected chi connectivity index (χ2v) is 4.75. The fraction of sp³-hybridized carbons (Fsp3) is 0.312. The van der Waals surface area contributed by atoms with Gasteiger partial charge in [-0.3, -0.25) is 4.79 Å². The first kappa shape index (κ1) is 14.3. The molecule has 2 aromatic rings. The maximum Gasteiger partial charge on any atom is 0.224 e. The van der Waals surface area contributed by atoms with E-state index in [0.29, 0.717) is 12.2 Å². The summed E-state index contributed by atoms with van der Waals surface area (Å²) in [6, 6.07) is 9.28. The van der Waals surface area contributed by atoms with Crippen LogP contribution in [-0.4, -0.2) is 11.0 Å². The van der Waals surface area contributed by atoms with Crippen LogP contribution in [0.5, 0.6) is 0 Å². The molecule has 106 valence electrons. The van der Waals surface area contributed by atoms with E-state index >= 15 is 0 Å². The Morgan fingerprint density at radius 3 is 2.70 bits per heavy atom. The predicted octanol–water partition coefficient (Wildman–Crippen LogP) is 3.49. The minimum atomic E-state index is -0.107. The minimum Gasteiger partial charge on any atom is -0.459 e. The predicted molar refractivity (Wildman–Crippen MR) is 78.3 cm³/mol. The summed E-state index contributed by atoms with van der Waals surface area (Å²) in [5, 5.41) is 11.9. The van der Waals surface area contributed by atoms with Gasteiger partial charge >= 0.3 is 0 Å². The zero-order valence-corrected chi connectivity index (χ0v) is 11.8. The number of nitrogens with one attached hydrogen (secondary N) is 1. The maximum absolute atomic E-state index is 11.6. The number of aliphatic hydroxyl groups is 1. The van der Waals surface area contributed by atoms with Crippen molar-refractivity contribution in [3.63, 3.8) is 0 Å². The highest BCUT2D eigenvalue weighted by molar-refractivity contribution is 5.91.